The van der Waals surface area contributed by atoms with E-state index in [-0.39, 0.29) is 17.8 Å². The third-order valence-corrected chi connectivity index (χ3v) is 8.33. The van der Waals surface area contributed by atoms with Crippen LogP contribution in [0.25, 0.3) is 0 Å². The first-order chi connectivity index (χ1) is 14.9. The van der Waals surface area contributed by atoms with Crippen LogP contribution in [0.1, 0.15) is 36.5 Å². The molecule has 1 aromatic carbocycles. The molecule has 2 bridgehead atoms. The summed E-state index contributed by atoms with van der Waals surface area (Å²) in [5.74, 6) is -2.09. The molecule has 2 aliphatic heterocycles. The van der Waals surface area contributed by atoms with Crippen LogP contribution in [0.15, 0.2) is 42.0 Å². The largest absolute Gasteiger partial charge is 0.455 e. The van der Waals surface area contributed by atoms with Crippen molar-refractivity contribution in [3.05, 3.63) is 47.5 Å². The number of hydrogen-bond donors (Lipinski definition) is 2. The van der Waals surface area contributed by atoms with Gasteiger partial charge in [-0.2, -0.15) is 0 Å². The highest BCUT2D eigenvalue weighted by Gasteiger charge is 2.79. The van der Waals surface area contributed by atoms with Crippen molar-refractivity contribution in [1.29, 1.82) is 0 Å². The average Bonchev–Trinajstić information content (AvgIpc) is 3.49. The smallest absolute Gasteiger partial charge is 0.338 e. The Morgan fingerprint density at radius 3 is 2.74 bits per heavy atom. The van der Waals surface area contributed by atoms with Gasteiger partial charge >= 0.3 is 5.97 Å². The Morgan fingerprint density at radius 1 is 1.26 bits per heavy atom. The maximum atomic E-state index is 13.5. The van der Waals surface area contributed by atoms with E-state index in [1.165, 1.54) is 0 Å². The highest BCUT2D eigenvalue weighted by atomic mass is 16.6. The van der Waals surface area contributed by atoms with E-state index in [0.29, 0.717) is 37.0 Å². The number of ether oxygens (including phenoxy) is 3. The SMILES string of the molecule is CC1C2=CCCC1(O)C(OC(=O)c1ccccc1)C1C3CO[C@@H]3CC3OC31C(=O)C2O. The van der Waals surface area contributed by atoms with Crippen molar-refractivity contribution in [2.75, 3.05) is 6.61 Å². The van der Waals surface area contributed by atoms with Gasteiger partial charge in [0.25, 0.3) is 0 Å². The lowest BCUT2D eigenvalue weighted by Crippen LogP contribution is -2.69. The molecular weight excluding hydrogens is 400 g/mol. The van der Waals surface area contributed by atoms with Gasteiger partial charge in [-0.05, 0) is 30.5 Å². The lowest BCUT2D eigenvalue weighted by Gasteiger charge is -2.55. The molecular formula is C24H26O7. The summed E-state index contributed by atoms with van der Waals surface area (Å²) in [6.07, 6.45) is 0.531. The number of hydrogen-bond acceptors (Lipinski definition) is 7. The topological polar surface area (TPSA) is 106 Å². The maximum absolute atomic E-state index is 13.5. The molecule has 0 radical (unpaired) electrons. The number of carbonyl (C=O) groups is 2. The summed E-state index contributed by atoms with van der Waals surface area (Å²) < 4.78 is 17.8. The van der Waals surface area contributed by atoms with Crippen LogP contribution in [0.2, 0.25) is 0 Å². The quantitative estimate of drug-likeness (QED) is 0.419. The maximum Gasteiger partial charge on any atom is 0.338 e. The molecule has 1 spiro atoms. The third-order valence-electron chi connectivity index (χ3n) is 8.33. The van der Waals surface area contributed by atoms with Crippen LogP contribution in [-0.4, -0.2) is 64.2 Å². The minimum atomic E-state index is -1.41. The molecule has 7 heteroatoms. The van der Waals surface area contributed by atoms with Crippen LogP contribution in [0, 0.1) is 17.8 Å². The predicted octanol–water partition coefficient (Wildman–Crippen LogP) is 1.42. The van der Waals surface area contributed by atoms with Crippen molar-refractivity contribution in [2.45, 2.75) is 61.8 Å². The molecule has 31 heavy (non-hydrogen) atoms. The van der Waals surface area contributed by atoms with E-state index in [9.17, 15) is 19.8 Å². The summed E-state index contributed by atoms with van der Waals surface area (Å²) in [4.78, 5) is 26.7. The van der Waals surface area contributed by atoms with E-state index >= 15 is 0 Å². The summed E-state index contributed by atoms with van der Waals surface area (Å²) >= 11 is 0. The van der Waals surface area contributed by atoms with Gasteiger partial charge in [-0.15, -0.1) is 0 Å². The van der Waals surface area contributed by atoms with Crippen LogP contribution in [-0.2, 0) is 19.0 Å². The number of epoxide rings is 1. The average molecular weight is 426 g/mol. The highest BCUT2D eigenvalue weighted by molar-refractivity contribution is 5.97. The Kier molecular flexibility index (Phi) is 4.10. The second kappa shape index (κ2) is 6.48. The molecule has 0 aromatic heterocycles. The Labute approximate surface area is 180 Å². The number of ketones is 1. The van der Waals surface area contributed by atoms with E-state index < -0.39 is 47.3 Å². The molecule has 2 saturated heterocycles. The summed E-state index contributed by atoms with van der Waals surface area (Å²) in [5, 5.41) is 23.0. The van der Waals surface area contributed by atoms with E-state index in [1.54, 1.807) is 31.2 Å². The standard InChI is InChI=1S/C24H26O7/c1-12-14-8-5-9-23(12,28)21(30-22(27)13-6-3-2-4-7-13)18-15-11-29-16(15)10-17-24(18,31-17)20(26)19(14)25/h2-4,6-8,12,15-19,21,25,28H,5,9-11H2,1H3/t12?,15?,16-,17?,18?,19?,21?,23?,24?/m1/s1. The molecule has 2 saturated carbocycles. The lowest BCUT2D eigenvalue weighted by molar-refractivity contribution is -0.221. The lowest BCUT2D eigenvalue weighted by atomic mass is 9.55. The van der Waals surface area contributed by atoms with Crippen molar-refractivity contribution in [3.63, 3.8) is 0 Å². The second-order valence-electron chi connectivity index (χ2n) is 9.61. The minimum absolute atomic E-state index is 0.0767. The molecule has 4 fully saturated rings. The normalized spacial score (nSPS) is 47.4. The van der Waals surface area contributed by atoms with Gasteiger partial charge in [-0.25, -0.2) is 4.79 Å². The number of esters is 1. The van der Waals surface area contributed by atoms with E-state index in [1.807, 2.05) is 12.1 Å². The van der Waals surface area contributed by atoms with Crippen LogP contribution in [0.4, 0.5) is 0 Å². The Morgan fingerprint density at radius 2 is 2.03 bits per heavy atom. The van der Waals surface area contributed by atoms with Crippen molar-refractivity contribution in [2.24, 2.45) is 17.8 Å². The minimum Gasteiger partial charge on any atom is -0.455 e. The number of aliphatic hydroxyl groups is 2. The van der Waals surface area contributed by atoms with Crippen molar-refractivity contribution in [3.8, 4) is 0 Å². The molecule has 8 unspecified atom stereocenters. The number of benzene rings is 1. The number of allylic oxidation sites excluding steroid dienone is 1. The van der Waals surface area contributed by atoms with E-state index in [0.717, 1.165) is 0 Å². The fraction of sp³-hybridized carbons (Fsp3) is 0.583. The first-order valence-electron chi connectivity index (χ1n) is 11.1. The van der Waals surface area contributed by atoms with Gasteiger partial charge in [0, 0.05) is 24.2 Å². The van der Waals surface area contributed by atoms with Crippen LogP contribution < -0.4 is 0 Å². The summed E-state index contributed by atoms with van der Waals surface area (Å²) in [6.45, 7) is 2.22. The van der Waals surface area contributed by atoms with Crippen LogP contribution in [0.5, 0.6) is 0 Å². The van der Waals surface area contributed by atoms with Gasteiger partial charge in [0.1, 0.15) is 17.8 Å². The van der Waals surface area contributed by atoms with Crippen molar-refractivity contribution >= 4 is 11.8 Å². The molecule has 9 atom stereocenters. The Bertz CT molecular complexity index is 973. The molecule has 0 amide bonds. The number of fused-ring (bicyclic) bond motifs is 4. The van der Waals surface area contributed by atoms with Gasteiger partial charge in [-0.3, -0.25) is 4.79 Å². The number of Topliss-reactive ketones (excluding diaryl/α,β-unsaturated/α-hetero) is 1. The molecule has 164 valence electrons. The zero-order chi connectivity index (χ0) is 21.5. The molecule has 1 aromatic rings. The third kappa shape index (κ3) is 2.49. The van der Waals surface area contributed by atoms with Gasteiger partial charge in [0.2, 0.25) is 0 Å². The number of rotatable bonds is 2. The molecule has 2 N–H and O–H groups in total. The Balaban J connectivity index is 1.48. The van der Waals surface area contributed by atoms with E-state index in [4.69, 9.17) is 14.2 Å². The van der Waals surface area contributed by atoms with Gasteiger partial charge < -0.3 is 24.4 Å². The Hall–Kier alpha value is -2.06. The molecule has 3 aliphatic carbocycles. The van der Waals surface area contributed by atoms with Gasteiger partial charge in [0.05, 0.1) is 24.4 Å². The van der Waals surface area contributed by atoms with Crippen LogP contribution in [0.3, 0.4) is 0 Å². The highest BCUT2D eigenvalue weighted by Crippen LogP contribution is 2.63. The summed E-state index contributed by atoms with van der Waals surface area (Å²) in [6, 6.07) is 8.66. The van der Waals surface area contributed by atoms with Crippen molar-refractivity contribution in [1.82, 2.24) is 0 Å². The molecule has 6 rings (SSSR count). The summed E-state index contributed by atoms with van der Waals surface area (Å²) in [7, 11) is 0. The first kappa shape index (κ1) is 19.6. The zero-order valence-corrected chi connectivity index (χ0v) is 17.3. The second-order valence-corrected chi connectivity index (χ2v) is 9.61. The fourth-order valence-corrected chi connectivity index (χ4v) is 6.50. The summed E-state index contributed by atoms with van der Waals surface area (Å²) in [5.41, 5.74) is -1.77. The number of aliphatic hydroxyl groups excluding tert-OH is 1. The molecule has 5 aliphatic rings. The monoisotopic (exact) mass is 426 g/mol. The van der Waals surface area contributed by atoms with Crippen LogP contribution >= 0.6 is 0 Å². The van der Waals surface area contributed by atoms with Gasteiger partial charge in [0.15, 0.2) is 11.4 Å². The van der Waals surface area contributed by atoms with Crippen molar-refractivity contribution < 1.29 is 34.0 Å². The number of carbonyl (C=O) groups excluding carboxylic acids is 2. The van der Waals surface area contributed by atoms with Gasteiger partial charge in [-0.1, -0.05) is 31.2 Å². The predicted molar refractivity (Wildman–Crippen MR) is 107 cm³/mol. The molecule has 7 nitrogen and oxygen atoms in total. The zero-order valence-electron chi connectivity index (χ0n) is 17.3. The fourth-order valence-electron chi connectivity index (χ4n) is 6.50. The molecule has 2 heterocycles. The first-order valence-corrected chi connectivity index (χ1v) is 11.1. The van der Waals surface area contributed by atoms with E-state index in [2.05, 4.69) is 0 Å².